The minimum absolute atomic E-state index is 0.142. The molecule has 0 aromatic heterocycles. The van der Waals surface area contributed by atoms with E-state index in [0.29, 0.717) is 12.1 Å². The van der Waals surface area contributed by atoms with Crippen LogP contribution in [0.25, 0.3) is 0 Å². The maximum atomic E-state index is 6.32. The standard InChI is InChI=1S/C23H31ClN2O2/c1-16(2)25(17(3)4)14-22-23(28-21-10-6-18(24)7-11-21)15-26(22)19-8-12-20(27-5)13-9-19/h6-13,16-17,22-23H,14-15H2,1-5H3/t22-,23-/m1/s1. The molecule has 28 heavy (non-hydrogen) atoms. The maximum absolute atomic E-state index is 6.32. The van der Waals surface area contributed by atoms with E-state index in [0.717, 1.165) is 29.6 Å². The first-order chi connectivity index (χ1) is 13.4. The van der Waals surface area contributed by atoms with Crippen molar-refractivity contribution in [2.45, 2.75) is 51.9 Å². The second kappa shape index (κ2) is 9.06. The predicted molar refractivity (Wildman–Crippen MR) is 117 cm³/mol. The summed E-state index contributed by atoms with van der Waals surface area (Å²) in [6, 6.07) is 17.2. The number of anilines is 1. The number of halogens is 1. The van der Waals surface area contributed by atoms with Gasteiger partial charge in [0.15, 0.2) is 0 Å². The Morgan fingerprint density at radius 3 is 2.07 bits per heavy atom. The largest absolute Gasteiger partial charge is 0.497 e. The van der Waals surface area contributed by atoms with Crippen LogP contribution >= 0.6 is 11.6 Å². The van der Waals surface area contributed by atoms with Gasteiger partial charge in [0, 0.05) is 29.3 Å². The summed E-state index contributed by atoms with van der Waals surface area (Å²) in [5, 5.41) is 0.725. The maximum Gasteiger partial charge on any atom is 0.138 e. The van der Waals surface area contributed by atoms with Gasteiger partial charge in [-0.2, -0.15) is 0 Å². The molecule has 2 atom stereocenters. The molecular formula is C23H31ClN2O2. The molecule has 2 aromatic carbocycles. The highest BCUT2D eigenvalue weighted by atomic mass is 35.5. The molecule has 0 N–H and O–H groups in total. The van der Waals surface area contributed by atoms with E-state index in [2.05, 4.69) is 49.6 Å². The second-order valence-electron chi connectivity index (χ2n) is 7.91. The highest BCUT2D eigenvalue weighted by molar-refractivity contribution is 6.30. The molecule has 0 spiro atoms. The van der Waals surface area contributed by atoms with E-state index >= 15 is 0 Å². The Balaban J connectivity index is 1.78. The molecule has 1 heterocycles. The highest BCUT2D eigenvalue weighted by Gasteiger charge is 2.42. The topological polar surface area (TPSA) is 24.9 Å². The van der Waals surface area contributed by atoms with Gasteiger partial charge in [-0.3, -0.25) is 4.90 Å². The Bertz CT molecular complexity index is 738. The van der Waals surface area contributed by atoms with Gasteiger partial charge in [0.1, 0.15) is 17.6 Å². The summed E-state index contributed by atoms with van der Waals surface area (Å²) in [4.78, 5) is 4.95. The van der Waals surface area contributed by atoms with E-state index < -0.39 is 0 Å². The fourth-order valence-electron chi connectivity index (χ4n) is 3.84. The van der Waals surface area contributed by atoms with Gasteiger partial charge in [-0.15, -0.1) is 0 Å². The van der Waals surface area contributed by atoms with Crippen molar-refractivity contribution >= 4 is 17.3 Å². The van der Waals surface area contributed by atoms with Crippen molar-refractivity contribution in [2.75, 3.05) is 25.1 Å². The lowest BCUT2D eigenvalue weighted by molar-refractivity contribution is 0.0672. The number of hydrogen-bond acceptors (Lipinski definition) is 4. The van der Waals surface area contributed by atoms with Crippen LogP contribution in [0.2, 0.25) is 5.02 Å². The molecule has 3 rings (SSSR count). The number of methoxy groups -OCH3 is 1. The van der Waals surface area contributed by atoms with Crippen LogP contribution in [0.15, 0.2) is 48.5 Å². The zero-order chi connectivity index (χ0) is 20.3. The van der Waals surface area contributed by atoms with Gasteiger partial charge < -0.3 is 14.4 Å². The quantitative estimate of drug-likeness (QED) is 0.613. The summed E-state index contributed by atoms with van der Waals surface area (Å²) < 4.78 is 11.6. The molecule has 0 unspecified atom stereocenters. The average Bonchev–Trinajstić information content (AvgIpc) is 2.66. The molecule has 5 heteroatoms. The van der Waals surface area contributed by atoms with Crippen molar-refractivity contribution in [2.24, 2.45) is 0 Å². The van der Waals surface area contributed by atoms with Crippen LogP contribution in [0.4, 0.5) is 5.69 Å². The average molecular weight is 403 g/mol. The predicted octanol–water partition coefficient (Wildman–Crippen LogP) is 5.10. The smallest absolute Gasteiger partial charge is 0.138 e. The van der Waals surface area contributed by atoms with Crippen molar-refractivity contribution in [3.8, 4) is 11.5 Å². The highest BCUT2D eigenvalue weighted by Crippen LogP contribution is 2.32. The molecular weight excluding hydrogens is 372 g/mol. The minimum Gasteiger partial charge on any atom is -0.497 e. The molecule has 4 nitrogen and oxygen atoms in total. The number of hydrogen-bond donors (Lipinski definition) is 0. The third kappa shape index (κ3) is 4.73. The van der Waals surface area contributed by atoms with Gasteiger partial charge in [-0.25, -0.2) is 0 Å². The first-order valence-electron chi connectivity index (χ1n) is 9.97. The monoisotopic (exact) mass is 402 g/mol. The van der Waals surface area contributed by atoms with Gasteiger partial charge in [-0.1, -0.05) is 11.6 Å². The first-order valence-corrected chi connectivity index (χ1v) is 10.4. The second-order valence-corrected chi connectivity index (χ2v) is 8.35. The van der Waals surface area contributed by atoms with Crippen molar-refractivity contribution < 1.29 is 9.47 Å². The molecule has 1 aliphatic heterocycles. The van der Waals surface area contributed by atoms with Crippen LogP contribution < -0.4 is 14.4 Å². The Kier molecular flexibility index (Phi) is 6.73. The van der Waals surface area contributed by atoms with Crippen LogP contribution in [-0.4, -0.2) is 49.3 Å². The lowest BCUT2D eigenvalue weighted by atomic mass is 9.95. The molecule has 0 amide bonds. The fraction of sp³-hybridized carbons (Fsp3) is 0.478. The van der Waals surface area contributed by atoms with Crippen molar-refractivity contribution in [3.05, 3.63) is 53.6 Å². The molecule has 0 aliphatic carbocycles. The summed E-state index contributed by atoms with van der Waals surface area (Å²) in [7, 11) is 1.70. The van der Waals surface area contributed by atoms with E-state index in [-0.39, 0.29) is 12.1 Å². The normalized spacial score (nSPS) is 19.2. The van der Waals surface area contributed by atoms with Crippen molar-refractivity contribution in [3.63, 3.8) is 0 Å². The van der Waals surface area contributed by atoms with Crippen LogP contribution in [0.1, 0.15) is 27.7 Å². The zero-order valence-corrected chi connectivity index (χ0v) is 18.2. The number of rotatable bonds is 8. The molecule has 0 radical (unpaired) electrons. The van der Waals surface area contributed by atoms with E-state index in [9.17, 15) is 0 Å². The molecule has 0 bridgehead atoms. The van der Waals surface area contributed by atoms with E-state index in [4.69, 9.17) is 21.1 Å². The van der Waals surface area contributed by atoms with Gasteiger partial charge in [0.2, 0.25) is 0 Å². The zero-order valence-electron chi connectivity index (χ0n) is 17.4. The summed E-state index contributed by atoms with van der Waals surface area (Å²) in [5.41, 5.74) is 1.20. The first kappa shape index (κ1) is 20.8. The molecule has 1 fully saturated rings. The fourth-order valence-corrected chi connectivity index (χ4v) is 3.96. The summed E-state index contributed by atoms with van der Waals surface area (Å²) >= 11 is 6.01. The van der Waals surface area contributed by atoms with Gasteiger partial charge in [-0.05, 0) is 76.2 Å². The molecule has 0 saturated carbocycles. The Labute approximate surface area is 174 Å². The molecule has 2 aromatic rings. The van der Waals surface area contributed by atoms with E-state index in [1.165, 1.54) is 5.69 Å². The third-order valence-electron chi connectivity index (χ3n) is 5.44. The SMILES string of the molecule is COc1ccc(N2C[C@@H](Oc3ccc(Cl)cc3)[C@H]2CN(C(C)C)C(C)C)cc1. The number of benzene rings is 2. The summed E-state index contributed by atoms with van der Waals surface area (Å²) in [6.45, 7) is 10.8. The van der Waals surface area contributed by atoms with E-state index in [1.54, 1.807) is 7.11 Å². The molecule has 1 saturated heterocycles. The number of ether oxygens (including phenoxy) is 2. The Morgan fingerprint density at radius 1 is 0.964 bits per heavy atom. The van der Waals surface area contributed by atoms with Crippen LogP contribution in [0, 0.1) is 0 Å². The minimum atomic E-state index is 0.142. The van der Waals surface area contributed by atoms with E-state index in [1.807, 2.05) is 36.4 Å². The lowest BCUT2D eigenvalue weighted by Crippen LogP contribution is -2.67. The summed E-state index contributed by atoms with van der Waals surface area (Å²) in [5.74, 6) is 1.75. The summed E-state index contributed by atoms with van der Waals surface area (Å²) in [6.07, 6.45) is 0.142. The molecule has 152 valence electrons. The third-order valence-corrected chi connectivity index (χ3v) is 5.69. The van der Waals surface area contributed by atoms with Gasteiger partial charge in [0.25, 0.3) is 0 Å². The van der Waals surface area contributed by atoms with Gasteiger partial charge in [0.05, 0.1) is 19.7 Å². The lowest BCUT2D eigenvalue weighted by Gasteiger charge is -2.51. The van der Waals surface area contributed by atoms with Crippen LogP contribution in [0.3, 0.4) is 0 Å². The van der Waals surface area contributed by atoms with Gasteiger partial charge >= 0.3 is 0 Å². The van der Waals surface area contributed by atoms with Crippen LogP contribution in [-0.2, 0) is 0 Å². The van der Waals surface area contributed by atoms with Crippen LogP contribution in [0.5, 0.6) is 11.5 Å². The molecule has 1 aliphatic rings. The Morgan fingerprint density at radius 2 is 1.54 bits per heavy atom. The number of nitrogens with zero attached hydrogens (tertiary/aromatic N) is 2. The van der Waals surface area contributed by atoms with Crippen molar-refractivity contribution in [1.82, 2.24) is 4.90 Å². The Hall–Kier alpha value is -1.91. The van der Waals surface area contributed by atoms with Crippen molar-refractivity contribution in [1.29, 1.82) is 0 Å².